The minimum Gasteiger partial charge on any atom is -0.328 e. The van der Waals surface area contributed by atoms with Crippen molar-refractivity contribution in [3.05, 3.63) is 0 Å². The van der Waals surface area contributed by atoms with Crippen molar-refractivity contribution in [3.8, 4) is 0 Å². The third-order valence-corrected chi connectivity index (χ3v) is 3.57. The third kappa shape index (κ3) is 1.96. The van der Waals surface area contributed by atoms with Crippen molar-refractivity contribution < 1.29 is 0 Å². The minimum absolute atomic E-state index is 0.488. The molecule has 0 unspecified atom stereocenters. The molecule has 0 atom stereocenters. The minimum atomic E-state index is 0.488. The Morgan fingerprint density at radius 1 is 1.27 bits per heavy atom. The van der Waals surface area contributed by atoms with Crippen LogP contribution in [0.2, 0.25) is 0 Å². The van der Waals surface area contributed by atoms with Gasteiger partial charge >= 0.3 is 0 Å². The number of hydrogen-bond acceptors (Lipinski definition) is 1. The lowest BCUT2D eigenvalue weighted by atomic mass is 9.67. The van der Waals surface area contributed by atoms with Crippen LogP contribution in [0.3, 0.4) is 0 Å². The molecule has 1 fully saturated rings. The van der Waals surface area contributed by atoms with E-state index in [2.05, 4.69) is 20.8 Å². The molecule has 0 aromatic heterocycles. The van der Waals surface area contributed by atoms with E-state index in [-0.39, 0.29) is 0 Å². The van der Waals surface area contributed by atoms with Crippen LogP contribution >= 0.6 is 0 Å². The Bertz CT molecular complexity index is 121. The molecule has 66 valence electrons. The molecule has 1 saturated carbocycles. The van der Waals surface area contributed by atoms with Crippen LogP contribution in [0.5, 0.6) is 0 Å². The average Bonchev–Trinajstić information content (AvgIpc) is 1.95. The molecular formula is C10H21N. The van der Waals surface area contributed by atoms with Crippen LogP contribution in [0, 0.1) is 11.3 Å². The molecule has 0 amide bonds. The van der Waals surface area contributed by atoms with E-state index in [0.717, 1.165) is 5.92 Å². The molecule has 1 heteroatoms. The first kappa shape index (κ1) is 9.05. The molecule has 1 aliphatic rings. The zero-order valence-electron chi connectivity index (χ0n) is 8.06. The van der Waals surface area contributed by atoms with E-state index in [1.807, 2.05) is 0 Å². The first-order chi connectivity index (χ1) is 5.04. The monoisotopic (exact) mass is 155 g/mol. The summed E-state index contributed by atoms with van der Waals surface area (Å²) < 4.78 is 0. The van der Waals surface area contributed by atoms with E-state index in [0.29, 0.717) is 11.5 Å². The highest BCUT2D eigenvalue weighted by molar-refractivity contribution is 4.85. The summed E-state index contributed by atoms with van der Waals surface area (Å²) in [6, 6.07) is 0.488. The number of rotatable bonds is 1. The fraction of sp³-hybridized carbons (Fsp3) is 1.00. The van der Waals surface area contributed by atoms with Crippen LogP contribution in [-0.2, 0) is 0 Å². The maximum Gasteiger partial charge on any atom is 0.00392 e. The van der Waals surface area contributed by atoms with Crippen molar-refractivity contribution in [2.75, 3.05) is 0 Å². The lowest BCUT2D eigenvalue weighted by molar-refractivity contribution is 0.132. The van der Waals surface area contributed by atoms with Crippen LogP contribution < -0.4 is 5.73 Å². The summed E-state index contributed by atoms with van der Waals surface area (Å²) in [7, 11) is 0. The molecule has 1 nitrogen and oxygen atoms in total. The van der Waals surface area contributed by atoms with E-state index in [4.69, 9.17) is 5.73 Å². The molecule has 2 N–H and O–H groups in total. The maximum absolute atomic E-state index is 5.86. The number of nitrogens with two attached hydrogens (primary N) is 1. The summed E-state index contributed by atoms with van der Waals surface area (Å²) in [5.74, 6) is 0.815. The van der Waals surface area contributed by atoms with Gasteiger partial charge in [0.2, 0.25) is 0 Å². The normalized spacial score (nSPS) is 39.5. The smallest absolute Gasteiger partial charge is 0.00392 e. The molecular weight excluding hydrogens is 134 g/mol. The van der Waals surface area contributed by atoms with Gasteiger partial charge in [-0.2, -0.15) is 0 Å². The maximum atomic E-state index is 5.86. The van der Waals surface area contributed by atoms with E-state index >= 15 is 0 Å². The first-order valence-corrected chi connectivity index (χ1v) is 4.80. The summed E-state index contributed by atoms with van der Waals surface area (Å²) >= 11 is 0. The second kappa shape index (κ2) is 3.14. The molecule has 0 radical (unpaired) electrons. The highest BCUT2D eigenvalue weighted by atomic mass is 14.6. The van der Waals surface area contributed by atoms with Crippen LogP contribution in [0.1, 0.15) is 46.5 Å². The molecule has 0 aromatic carbocycles. The Morgan fingerprint density at radius 2 is 1.73 bits per heavy atom. The van der Waals surface area contributed by atoms with Crippen LogP contribution in [-0.4, -0.2) is 6.04 Å². The van der Waals surface area contributed by atoms with Gasteiger partial charge in [-0.05, 0) is 37.0 Å². The van der Waals surface area contributed by atoms with Crippen LogP contribution in [0.25, 0.3) is 0 Å². The summed E-state index contributed by atoms with van der Waals surface area (Å²) in [6.07, 6.45) is 5.11. The molecule has 0 saturated heterocycles. The molecule has 0 heterocycles. The zero-order valence-corrected chi connectivity index (χ0v) is 8.06. The van der Waals surface area contributed by atoms with Gasteiger partial charge in [0, 0.05) is 6.04 Å². The molecule has 0 bridgehead atoms. The summed E-state index contributed by atoms with van der Waals surface area (Å²) in [5, 5.41) is 0. The van der Waals surface area contributed by atoms with E-state index in [1.54, 1.807) is 0 Å². The fourth-order valence-corrected chi connectivity index (χ4v) is 1.88. The summed E-state index contributed by atoms with van der Waals surface area (Å²) in [5.41, 5.74) is 6.44. The van der Waals surface area contributed by atoms with Crippen molar-refractivity contribution in [2.45, 2.75) is 52.5 Å². The third-order valence-electron chi connectivity index (χ3n) is 3.57. The van der Waals surface area contributed by atoms with Crippen LogP contribution in [0.4, 0.5) is 0 Å². The zero-order chi connectivity index (χ0) is 8.48. The van der Waals surface area contributed by atoms with Gasteiger partial charge in [0.1, 0.15) is 0 Å². The Morgan fingerprint density at radius 3 is 2.09 bits per heavy atom. The van der Waals surface area contributed by atoms with Crippen molar-refractivity contribution in [1.82, 2.24) is 0 Å². The molecule has 11 heavy (non-hydrogen) atoms. The van der Waals surface area contributed by atoms with Gasteiger partial charge in [0.05, 0.1) is 0 Å². The molecule has 1 rings (SSSR count). The largest absolute Gasteiger partial charge is 0.328 e. The van der Waals surface area contributed by atoms with E-state index in [1.165, 1.54) is 25.7 Å². The van der Waals surface area contributed by atoms with Crippen molar-refractivity contribution in [2.24, 2.45) is 17.1 Å². The Kier molecular flexibility index (Phi) is 2.58. The van der Waals surface area contributed by atoms with Gasteiger partial charge in [0.15, 0.2) is 0 Å². The van der Waals surface area contributed by atoms with E-state index < -0.39 is 0 Å². The second-order valence-corrected chi connectivity index (χ2v) is 4.65. The summed E-state index contributed by atoms with van der Waals surface area (Å²) in [4.78, 5) is 0. The van der Waals surface area contributed by atoms with Gasteiger partial charge in [-0.3, -0.25) is 0 Å². The van der Waals surface area contributed by atoms with Gasteiger partial charge in [0.25, 0.3) is 0 Å². The fourth-order valence-electron chi connectivity index (χ4n) is 1.88. The van der Waals surface area contributed by atoms with Crippen molar-refractivity contribution in [3.63, 3.8) is 0 Å². The second-order valence-electron chi connectivity index (χ2n) is 4.65. The van der Waals surface area contributed by atoms with Gasteiger partial charge in [-0.1, -0.05) is 20.8 Å². The van der Waals surface area contributed by atoms with Gasteiger partial charge in [-0.25, -0.2) is 0 Å². The van der Waals surface area contributed by atoms with E-state index in [9.17, 15) is 0 Å². The Hall–Kier alpha value is -0.0400. The molecule has 1 aliphatic carbocycles. The molecule has 0 aromatic rings. The van der Waals surface area contributed by atoms with Gasteiger partial charge in [-0.15, -0.1) is 0 Å². The average molecular weight is 155 g/mol. The highest BCUT2D eigenvalue weighted by Crippen LogP contribution is 2.41. The Labute approximate surface area is 70.4 Å². The van der Waals surface area contributed by atoms with Crippen molar-refractivity contribution >= 4 is 0 Å². The summed E-state index contributed by atoms with van der Waals surface area (Å²) in [6.45, 7) is 7.07. The van der Waals surface area contributed by atoms with Crippen molar-refractivity contribution in [1.29, 1.82) is 0 Å². The standard InChI is InChI=1S/C10H21N/c1-8(2)10(3)6-4-9(11)5-7-10/h8-9H,4-7,11H2,1-3H3. The predicted molar refractivity (Wildman–Crippen MR) is 49.4 cm³/mol. The quantitative estimate of drug-likeness (QED) is 0.618. The lowest BCUT2D eigenvalue weighted by Crippen LogP contribution is -2.35. The molecule has 0 spiro atoms. The SMILES string of the molecule is CC(C)C1(C)CCC(N)CC1. The molecule has 0 aliphatic heterocycles. The topological polar surface area (TPSA) is 26.0 Å². The first-order valence-electron chi connectivity index (χ1n) is 4.80. The van der Waals surface area contributed by atoms with Crippen LogP contribution in [0.15, 0.2) is 0 Å². The predicted octanol–water partition coefficient (Wildman–Crippen LogP) is 2.55. The highest BCUT2D eigenvalue weighted by Gasteiger charge is 2.32. The lowest BCUT2D eigenvalue weighted by Gasteiger charge is -2.39. The van der Waals surface area contributed by atoms with Gasteiger partial charge < -0.3 is 5.73 Å². The number of hydrogen-bond donors (Lipinski definition) is 1. The Balaban J connectivity index is 2.48.